The molecule has 1 aromatic carbocycles. The van der Waals surface area contributed by atoms with Crippen molar-refractivity contribution in [3.05, 3.63) is 34.9 Å². The molecule has 100 valence electrons. The molecule has 18 heavy (non-hydrogen) atoms. The van der Waals surface area contributed by atoms with E-state index in [9.17, 15) is 0 Å². The van der Waals surface area contributed by atoms with Gasteiger partial charge in [-0.2, -0.15) is 0 Å². The first kappa shape index (κ1) is 13.6. The SMILES string of the molecule is Cc1ccc(CC2(N)CCC(C)C(C)C2)cc1C. The number of rotatable bonds is 2. The van der Waals surface area contributed by atoms with Crippen molar-refractivity contribution in [2.24, 2.45) is 17.6 Å². The molecule has 0 spiro atoms. The van der Waals surface area contributed by atoms with Crippen molar-refractivity contribution in [3.63, 3.8) is 0 Å². The van der Waals surface area contributed by atoms with Crippen LogP contribution in [-0.4, -0.2) is 5.54 Å². The zero-order valence-corrected chi connectivity index (χ0v) is 12.3. The fourth-order valence-corrected chi connectivity index (χ4v) is 3.22. The first-order valence-corrected chi connectivity index (χ1v) is 7.25. The predicted molar refractivity (Wildman–Crippen MR) is 78.7 cm³/mol. The average Bonchev–Trinajstić information content (AvgIpc) is 2.29. The van der Waals surface area contributed by atoms with Crippen LogP contribution in [-0.2, 0) is 6.42 Å². The zero-order chi connectivity index (χ0) is 13.3. The van der Waals surface area contributed by atoms with Gasteiger partial charge in [0.05, 0.1) is 0 Å². The molecule has 3 unspecified atom stereocenters. The highest BCUT2D eigenvalue weighted by atomic mass is 14.7. The van der Waals surface area contributed by atoms with Crippen LogP contribution in [0, 0.1) is 25.7 Å². The van der Waals surface area contributed by atoms with Gasteiger partial charge >= 0.3 is 0 Å². The lowest BCUT2D eigenvalue weighted by atomic mass is 9.69. The van der Waals surface area contributed by atoms with Gasteiger partial charge in [0.1, 0.15) is 0 Å². The fourth-order valence-electron chi connectivity index (χ4n) is 3.22. The largest absolute Gasteiger partial charge is 0.325 e. The molecular weight excluding hydrogens is 218 g/mol. The normalized spacial score (nSPS) is 32.5. The Labute approximate surface area is 112 Å². The van der Waals surface area contributed by atoms with Crippen LogP contribution in [0.5, 0.6) is 0 Å². The standard InChI is InChI=1S/C17H27N/c1-12-5-6-16(9-14(12)3)11-17(18)8-7-13(2)15(4)10-17/h5-6,9,13,15H,7-8,10-11,18H2,1-4H3. The van der Waals surface area contributed by atoms with E-state index in [0.717, 1.165) is 18.3 Å². The van der Waals surface area contributed by atoms with Crippen LogP contribution >= 0.6 is 0 Å². The lowest BCUT2D eigenvalue weighted by Crippen LogP contribution is -2.47. The van der Waals surface area contributed by atoms with Crippen molar-refractivity contribution in [2.45, 2.75) is 58.9 Å². The van der Waals surface area contributed by atoms with Gasteiger partial charge in [0.2, 0.25) is 0 Å². The molecule has 1 fully saturated rings. The Balaban J connectivity index is 2.10. The Morgan fingerprint density at radius 2 is 1.89 bits per heavy atom. The third-order valence-electron chi connectivity index (χ3n) is 4.92. The van der Waals surface area contributed by atoms with Crippen LogP contribution in [0.2, 0.25) is 0 Å². The summed E-state index contributed by atoms with van der Waals surface area (Å²) in [5.74, 6) is 1.59. The Morgan fingerprint density at radius 1 is 1.17 bits per heavy atom. The monoisotopic (exact) mass is 245 g/mol. The fraction of sp³-hybridized carbons (Fsp3) is 0.647. The van der Waals surface area contributed by atoms with Crippen LogP contribution in [0.1, 0.15) is 49.8 Å². The lowest BCUT2D eigenvalue weighted by molar-refractivity contribution is 0.176. The maximum Gasteiger partial charge on any atom is 0.0197 e. The molecule has 2 N–H and O–H groups in total. The van der Waals surface area contributed by atoms with Gasteiger partial charge < -0.3 is 5.73 Å². The number of hydrogen-bond donors (Lipinski definition) is 1. The Kier molecular flexibility index (Phi) is 3.82. The minimum atomic E-state index is 0.0215. The number of hydrogen-bond acceptors (Lipinski definition) is 1. The summed E-state index contributed by atoms with van der Waals surface area (Å²) >= 11 is 0. The zero-order valence-electron chi connectivity index (χ0n) is 12.3. The van der Waals surface area contributed by atoms with Crippen molar-refractivity contribution >= 4 is 0 Å². The lowest BCUT2D eigenvalue weighted by Gasteiger charge is -2.40. The molecule has 1 aliphatic carbocycles. The van der Waals surface area contributed by atoms with E-state index in [-0.39, 0.29) is 5.54 Å². The minimum absolute atomic E-state index is 0.0215. The summed E-state index contributed by atoms with van der Waals surface area (Å²) in [5, 5.41) is 0. The molecule has 0 aliphatic heterocycles. The van der Waals surface area contributed by atoms with E-state index in [0.29, 0.717) is 0 Å². The van der Waals surface area contributed by atoms with Crippen LogP contribution in [0.15, 0.2) is 18.2 Å². The minimum Gasteiger partial charge on any atom is -0.325 e. The summed E-state index contributed by atoms with van der Waals surface area (Å²) < 4.78 is 0. The summed E-state index contributed by atoms with van der Waals surface area (Å²) in [6.07, 6.45) is 4.65. The molecule has 1 saturated carbocycles. The first-order valence-electron chi connectivity index (χ1n) is 7.25. The molecule has 1 aromatic rings. The van der Waals surface area contributed by atoms with E-state index >= 15 is 0 Å². The summed E-state index contributed by atoms with van der Waals surface area (Å²) in [7, 11) is 0. The molecule has 0 heterocycles. The molecule has 1 aliphatic rings. The Hall–Kier alpha value is -0.820. The van der Waals surface area contributed by atoms with Gasteiger partial charge in [0, 0.05) is 5.54 Å². The molecule has 1 nitrogen and oxygen atoms in total. The third kappa shape index (κ3) is 2.95. The van der Waals surface area contributed by atoms with E-state index in [1.807, 2.05) is 0 Å². The van der Waals surface area contributed by atoms with Crippen molar-refractivity contribution in [2.75, 3.05) is 0 Å². The summed E-state index contributed by atoms with van der Waals surface area (Å²) in [4.78, 5) is 0. The van der Waals surface area contributed by atoms with Crippen LogP contribution in [0.25, 0.3) is 0 Å². The van der Waals surface area contributed by atoms with Gasteiger partial charge in [-0.15, -0.1) is 0 Å². The molecular formula is C17H27N. The third-order valence-corrected chi connectivity index (χ3v) is 4.92. The molecule has 0 saturated heterocycles. The van der Waals surface area contributed by atoms with Gasteiger partial charge in [-0.25, -0.2) is 0 Å². The van der Waals surface area contributed by atoms with Crippen LogP contribution < -0.4 is 5.73 Å². The van der Waals surface area contributed by atoms with E-state index < -0.39 is 0 Å². The highest BCUT2D eigenvalue weighted by molar-refractivity contribution is 5.31. The van der Waals surface area contributed by atoms with Gasteiger partial charge in [-0.1, -0.05) is 32.0 Å². The molecule has 1 heteroatoms. The molecule has 0 radical (unpaired) electrons. The van der Waals surface area contributed by atoms with Gasteiger partial charge in [0.15, 0.2) is 0 Å². The molecule has 0 aromatic heterocycles. The smallest absolute Gasteiger partial charge is 0.0197 e. The first-order chi connectivity index (χ1) is 8.39. The van der Waals surface area contributed by atoms with E-state index in [2.05, 4.69) is 45.9 Å². The maximum absolute atomic E-state index is 6.63. The van der Waals surface area contributed by atoms with E-state index in [4.69, 9.17) is 5.73 Å². The number of benzene rings is 1. The molecule has 2 rings (SSSR count). The van der Waals surface area contributed by atoms with Crippen molar-refractivity contribution in [3.8, 4) is 0 Å². The van der Waals surface area contributed by atoms with E-state index in [1.165, 1.54) is 36.0 Å². The van der Waals surface area contributed by atoms with Crippen molar-refractivity contribution in [1.82, 2.24) is 0 Å². The second-order valence-electron chi connectivity index (χ2n) is 6.66. The van der Waals surface area contributed by atoms with Crippen molar-refractivity contribution in [1.29, 1.82) is 0 Å². The van der Waals surface area contributed by atoms with Gasteiger partial charge in [-0.3, -0.25) is 0 Å². The highest BCUT2D eigenvalue weighted by Gasteiger charge is 2.34. The molecule has 0 amide bonds. The van der Waals surface area contributed by atoms with Crippen molar-refractivity contribution < 1.29 is 0 Å². The maximum atomic E-state index is 6.63. The highest BCUT2D eigenvalue weighted by Crippen LogP contribution is 2.36. The Bertz CT molecular complexity index is 424. The predicted octanol–water partition coefficient (Wildman–Crippen LogP) is 4.00. The average molecular weight is 245 g/mol. The van der Waals surface area contributed by atoms with E-state index in [1.54, 1.807) is 0 Å². The summed E-state index contributed by atoms with van der Waals surface area (Å²) in [5.41, 5.74) is 10.8. The van der Waals surface area contributed by atoms with Crippen LogP contribution in [0.4, 0.5) is 0 Å². The van der Waals surface area contributed by atoms with Gasteiger partial charge in [0.25, 0.3) is 0 Å². The number of nitrogens with two attached hydrogens (primary N) is 1. The number of aryl methyl sites for hydroxylation is 2. The van der Waals surface area contributed by atoms with Crippen LogP contribution in [0.3, 0.4) is 0 Å². The topological polar surface area (TPSA) is 26.0 Å². The molecule has 0 bridgehead atoms. The molecule has 3 atom stereocenters. The van der Waals surface area contributed by atoms with Gasteiger partial charge in [-0.05, 0) is 68.1 Å². The second-order valence-corrected chi connectivity index (χ2v) is 6.66. The Morgan fingerprint density at radius 3 is 2.50 bits per heavy atom. The summed E-state index contributed by atoms with van der Waals surface area (Å²) in [6, 6.07) is 6.79. The second kappa shape index (κ2) is 5.05. The quantitative estimate of drug-likeness (QED) is 0.837. The summed E-state index contributed by atoms with van der Waals surface area (Å²) in [6.45, 7) is 9.07.